The van der Waals surface area contributed by atoms with Gasteiger partial charge in [-0.1, -0.05) is 43.7 Å². The highest BCUT2D eigenvalue weighted by Gasteiger charge is 2.29. The van der Waals surface area contributed by atoms with Crippen LogP contribution in [0.2, 0.25) is 0 Å². The topological polar surface area (TPSA) is 58.6 Å². The Kier molecular flexibility index (Phi) is 7.02. The summed E-state index contributed by atoms with van der Waals surface area (Å²) in [5.74, 6) is 0. The molecule has 1 heterocycles. The Balaban J connectivity index is 2.01. The number of benzene rings is 1. The lowest BCUT2D eigenvalue weighted by Crippen LogP contribution is -2.49. The summed E-state index contributed by atoms with van der Waals surface area (Å²) in [6.07, 6.45) is 4.01. The molecule has 0 saturated carbocycles. The second kappa shape index (κ2) is 8.78. The van der Waals surface area contributed by atoms with E-state index >= 15 is 0 Å². The average Bonchev–Trinajstić information content (AvgIpc) is 2.56. The van der Waals surface area contributed by atoms with Crippen molar-refractivity contribution in [2.24, 2.45) is 0 Å². The highest BCUT2D eigenvalue weighted by Crippen LogP contribution is 2.17. The number of rotatable bonds is 8. The fourth-order valence-electron chi connectivity index (χ4n) is 2.99. The molecule has 0 unspecified atom stereocenters. The van der Waals surface area contributed by atoms with Crippen LogP contribution in [0.15, 0.2) is 30.3 Å². The van der Waals surface area contributed by atoms with E-state index in [1.807, 2.05) is 30.3 Å². The van der Waals surface area contributed by atoms with Crippen LogP contribution >= 0.6 is 0 Å². The van der Waals surface area contributed by atoms with Crippen molar-refractivity contribution in [3.8, 4) is 0 Å². The van der Waals surface area contributed by atoms with Gasteiger partial charge in [0, 0.05) is 32.3 Å². The van der Waals surface area contributed by atoms with Crippen LogP contribution in [-0.2, 0) is 21.4 Å². The van der Waals surface area contributed by atoms with Gasteiger partial charge in [0.25, 0.3) is 10.2 Å². The van der Waals surface area contributed by atoms with Crippen LogP contribution < -0.4 is 4.72 Å². The molecule has 6 heteroatoms. The summed E-state index contributed by atoms with van der Waals surface area (Å²) in [4.78, 5) is 0. The Morgan fingerprint density at radius 2 is 1.91 bits per heavy atom. The molecule has 0 bridgehead atoms. The van der Waals surface area contributed by atoms with E-state index in [1.165, 1.54) is 4.31 Å². The molecule has 0 radical (unpaired) electrons. The predicted octanol–water partition coefficient (Wildman–Crippen LogP) is 2.34. The van der Waals surface area contributed by atoms with Gasteiger partial charge >= 0.3 is 0 Å². The fourth-order valence-corrected chi connectivity index (χ4v) is 4.38. The lowest BCUT2D eigenvalue weighted by atomic mass is 10.0. The number of nitrogens with one attached hydrogen (secondary N) is 1. The molecular formula is C17H28N2O3S. The minimum atomic E-state index is -3.47. The predicted molar refractivity (Wildman–Crippen MR) is 92.5 cm³/mol. The van der Waals surface area contributed by atoms with Gasteiger partial charge in [-0.3, -0.25) is 0 Å². The maximum Gasteiger partial charge on any atom is 0.279 e. The van der Waals surface area contributed by atoms with Crippen molar-refractivity contribution in [3.05, 3.63) is 35.9 Å². The van der Waals surface area contributed by atoms with Crippen LogP contribution in [0.5, 0.6) is 0 Å². The summed E-state index contributed by atoms with van der Waals surface area (Å²) in [5, 5.41) is 0. The Morgan fingerprint density at radius 1 is 1.26 bits per heavy atom. The summed E-state index contributed by atoms with van der Waals surface area (Å²) >= 11 is 0. The second-order valence-electron chi connectivity index (χ2n) is 6.16. The van der Waals surface area contributed by atoms with Gasteiger partial charge in [-0.2, -0.15) is 17.4 Å². The molecule has 1 atom stereocenters. The molecule has 1 saturated heterocycles. The standard InChI is InChI=1S/C17H28N2O3S/c1-3-7-16(14-15-8-5-4-6-9-15)18-23(20,21)19(2)17-10-12-22-13-11-17/h4-6,8-9,16-18H,3,7,10-14H2,1-2H3/t16-/m1/s1. The molecule has 5 nitrogen and oxygen atoms in total. The van der Waals surface area contributed by atoms with E-state index in [0.29, 0.717) is 13.2 Å². The van der Waals surface area contributed by atoms with Gasteiger partial charge < -0.3 is 4.74 Å². The summed E-state index contributed by atoms with van der Waals surface area (Å²) < 4.78 is 35.1. The quantitative estimate of drug-likeness (QED) is 0.790. The average molecular weight is 340 g/mol. The van der Waals surface area contributed by atoms with Crippen LogP contribution in [-0.4, -0.2) is 45.1 Å². The van der Waals surface area contributed by atoms with E-state index in [0.717, 1.165) is 37.7 Å². The van der Waals surface area contributed by atoms with Gasteiger partial charge in [-0.05, 0) is 31.2 Å². The third-order valence-electron chi connectivity index (χ3n) is 4.36. The van der Waals surface area contributed by atoms with E-state index < -0.39 is 10.2 Å². The maximum atomic E-state index is 12.7. The largest absolute Gasteiger partial charge is 0.381 e. The molecule has 130 valence electrons. The molecule has 0 aromatic heterocycles. The van der Waals surface area contributed by atoms with Gasteiger partial charge in [0.1, 0.15) is 0 Å². The number of hydrogen-bond donors (Lipinski definition) is 1. The maximum absolute atomic E-state index is 12.7. The highest BCUT2D eigenvalue weighted by molar-refractivity contribution is 7.87. The van der Waals surface area contributed by atoms with Crippen LogP contribution in [0.25, 0.3) is 0 Å². The Hall–Kier alpha value is -0.950. The lowest BCUT2D eigenvalue weighted by molar-refractivity contribution is 0.0628. The zero-order valence-corrected chi connectivity index (χ0v) is 14.9. The van der Waals surface area contributed by atoms with E-state index in [4.69, 9.17) is 4.74 Å². The first-order chi connectivity index (χ1) is 11.0. The molecule has 0 spiro atoms. The fraction of sp³-hybridized carbons (Fsp3) is 0.647. The second-order valence-corrected chi connectivity index (χ2v) is 7.92. The molecule has 1 aliphatic rings. The van der Waals surface area contributed by atoms with Gasteiger partial charge in [0.05, 0.1) is 0 Å². The van der Waals surface area contributed by atoms with E-state index in [-0.39, 0.29) is 12.1 Å². The monoisotopic (exact) mass is 340 g/mol. The van der Waals surface area contributed by atoms with Crippen molar-refractivity contribution in [2.45, 2.75) is 51.1 Å². The van der Waals surface area contributed by atoms with Gasteiger partial charge in [-0.25, -0.2) is 0 Å². The summed E-state index contributed by atoms with van der Waals surface area (Å²) in [6.45, 7) is 3.34. The molecule has 1 aliphatic heterocycles. The van der Waals surface area contributed by atoms with Crippen LogP contribution in [0.1, 0.15) is 38.2 Å². The third-order valence-corrected chi connectivity index (χ3v) is 6.05. The summed E-state index contributed by atoms with van der Waals surface area (Å²) in [5.41, 5.74) is 1.15. The third kappa shape index (κ3) is 5.57. The van der Waals surface area contributed by atoms with Crippen molar-refractivity contribution < 1.29 is 13.2 Å². The van der Waals surface area contributed by atoms with Crippen molar-refractivity contribution in [1.29, 1.82) is 0 Å². The first-order valence-corrected chi connectivity index (χ1v) is 9.84. The first-order valence-electron chi connectivity index (χ1n) is 8.40. The molecule has 0 amide bonds. The molecule has 23 heavy (non-hydrogen) atoms. The Morgan fingerprint density at radius 3 is 2.52 bits per heavy atom. The highest BCUT2D eigenvalue weighted by atomic mass is 32.2. The van der Waals surface area contributed by atoms with Gasteiger partial charge in [-0.15, -0.1) is 0 Å². The number of ether oxygens (including phenoxy) is 1. The van der Waals surface area contributed by atoms with E-state index in [2.05, 4.69) is 11.6 Å². The van der Waals surface area contributed by atoms with E-state index in [9.17, 15) is 8.42 Å². The molecule has 1 fully saturated rings. The molecule has 1 aromatic rings. The normalized spacial score (nSPS) is 18.2. The lowest BCUT2D eigenvalue weighted by Gasteiger charge is -2.32. The smallest absolute Gasteiger partial charge is 0.279 e. The number of hydrogen-bond acceptors (Lipinski definition) is 3. The molecule has 1 aromatic carbocycles. The van der Waals surface area contributed by atoms with Crippen LogP contribution in [0.3, 0.4) is 0 Å². The first kappa shape index (κ1) is 18.4. The molecular weight excluding hydrogens is 312 g/mol. The zero-order valence-electron chi connectivity index (χ0n) is 14.1. The minimum Gasteiger partial charge on any atom is -0.381 e. The van der Waals surface area contributed by atoms with Gasteiger partial charge in [0.2, 0.25) is 0 Å². The minimum absolute atomic E-state index is 0.0280. The van der Waals surface area contributed by atoms with E-state index in [1.54, 1.807) is 7.05 Å². The van der Waals surface area contributed by atoms with Crippen molar-refractivity contribution >= 4 is 10.2 Å². The Bertz CT molecular complexity index is 556. The zero-order chi connectivity index (χ0) is 16.7. The molecule has 1 N–H and O–H groups in total. The van der Waals surface area contributed by atoms with Crippen molar-refractivity contribution in [3.63, 3.8) is 0 Å². The van der Waals surface area contributed by atoms with Crippen LogP contribution in [0, 0.1) is 0 Å². The molecule has 2 rings (SSSR count). The number of nitrogens with zero attached hydrogens (tertiary/aromatic N) is 1. The SMILES string of the molecule is CCC[C@H](Cc1ccccc1)NS(=O)(=O)N(C)C1CCOCC1. The molecule has 0 aliphatic carbocycles. The summed E-state index contributed by atoms with van der Waals surface area (Å²) in [6, 6.07) is 9.98. The summed E-state index contributed by atoms with van der Waals surface area (Å²) in [7, 11) is -1.80. The van der Waals surface area contributed by atoms with Gasteiger partial charge in [0.15, 0.2) is 0 Å². The Labute approximate surface area is 140 Å². The van der Waals surface area contributed by atoms with Crippen LogP contribution in [0.4, 0.5) is 0 Å². The van der Waals surface area contributed by atoms with Crippen molar-refractivity contribution in [2.75, 3.05) is 20.3 Å². The van der Waals surface area contributed by atoms with Crippen molar-refractivity contribution in [1.82, 2.24) is 9.03 Å².